The highest BCUT2D eigenvalue weighted by molar-refractivity contribution is 7.89. The number of nitro benzene ring substituents is 1. The molecule has 1 saturated heterocycles. The molecule has 0 aliphatic carbocycles. The maximum Gasteiger partial charge on any atom is 0.290 e. The van der Waals surface area contributed by atoms with Crippen LogP contribution in [0.5, 0.6) is 0 Å². The van der Waals surface area contributed by atoms with Crippen molar-refractivity contribution in [2.24, 2.45) is 5.92 Å². The fourth-order valence-electron chi connectivity index (χ4n) is 3.09. The lowest BCUT2D eigenvalue weighted by Crippen LogP contribution is -2.35. The molecule has 0 spiro atoms. The van der Waals surface area contributed by atoms with Crippen LogP contribution in [0.1, 0.15) is 32.6 Å². The summed E-state index contributed by atoms with van der Waals surface area (Å²) in [5.41, 5.74) is -0.512. The standard InChI is InChI=1S/C16H24ClN3O4S/c1-13-5-4-10-19(12-13)9-3-2-8-18-25(23,24)16-7-6-14(17)11-15(16)20(21)22/h6-7,11,13,18H,2-5,8-10,12H2,1H3/t13-/m1/s1. The van der Waals surface area contributed by atoms with Gasteiger partial charge in [0.2, 0.25) is 10.0 Å². The first-order chi connectivity index (χ1) is 11.8. The van der Waals surface area contributed by atoms with Crippen molar-refractivity contribution in [2.45, 2.75) is 37.5 Å². The van der Waals surface area contributed by atoms with Crippen LogP contribution in [0.3, 0.4) is 0 Å². The number of nitro groups is 1. The van der Waals surface area contributed by atoms with E-state index in [4.69, 9.17) is 11.6 Å². The van der Waals surface area contributed by atoms with Crippen molar-refractivity contribution in [1.82, 2.24) is 9.62 Å². The molecule has 1 aliphatic heterocycles. The van der Waals surface area contributed by atoms with Gasteiger partial charge in [0.15, 0.2) is 4.90 Å². The molecule has 9 heteroatoms. The number of nitrogens with zero attached hydrogens (tertiary/aromatic N) is 2. The molecule has 1 atom stereocenters. The normalized spacial score (nSPS) is 19.0. The number of hydrogen-bond donors (Lipinski definition) is 1. The zero-order chi connectivity index (χ0) is 18.4. The summed E-state index contributed by atoms with van der Waals surface area (Å²) in [6.07, 6.45) is 4.06. The number of unbranched alkanes of at least 4 members (excludes halogenated alkanes) is 1. The summed E-state index contributed by atoms with van der Waals surface area (Å²) < 4.78 is 27.1. The predicted octanol–water partition coefficient (Wildman–Crippen LogP) is 3.04. The zero-order valence-corrected chi connectivity index (χ0v) is 15.9. The minimum Gasteiger partial charge on any atom is -0.303 e. The van der Waals surface area contributed by atoms with Gasteiger partial charge in [-0.15, -0.1) is 0 Å². The van der Waals surface area contributed by atoms with Crippen LogP contribution >= 0.6 is 11.6 Å². The number of halogens is 1. The Bertz CT molecular complexity index is 711. The molecule has 0 radical (unpaired) electrons. The maximum atomic E-state index is 12.3. The van der Waals surface area contributed by atoms with Crippen molar-refractivity contribution in [2.75, 3.05) is 26.2 Å². The number of rotatable bonds is 8. The number of hydrogen-bond acceptors (Lipinski definition) is 5. The van der Waals surface area contributed by atoms with Crippen molar-refractivity contribution in [3.8, 4) is 0 Å². The summed E-state index contributed by atoms with van der Waals surface area (Å²) in [7, 11) is -3.93. The molecular weight excluding hydrogens is 366 g/mol. The summed E-state index contributed by atoms with van der Waals surface area (Å²) in [4.78, 5) is 12.4. The third-order valence-electron chi connectivity index (χ3n) is 4.34. The lowest BCUT2D eigenvalue weighted by Gasteiger charge is -2.30. The van der Waals surface area contributed by atoms with Gasteiger partial charge in [0, 0.05) is 24.2 Å². The van der Waals surface area contributed by atoms with Gasteiger partial charge in [-0.3, -0.25) is 10.1 Å². The Morgan fingerprint density at radius 3 is 2.84 bits per heavy atom. The molecule has 1 aromatic rings. The maximum absolute atomic E-state index is 12.3. The van der Waals surface area contributed by atoms with Crippen LogP contribution in [0.2, 0.25) is 5.02 Å². The van der Waals surface area contributed by atoms with Crippen molar-refractivity contribution in [1.29, 1.82) is 0 Å². The minimum absolute atomic E-state index is 0.126. The number of benzene rings is 1. The first-order valence-electron chi connectivity index (χ1n) is 8.45. The van der Waals surface area contributed by atoms with Gasteiger partial charge < -0.3 is 4.90 Å². The molecule has 1 aliphatic rings. The summed E-state index contributed by atoms with van der Waals surface area (Å²) in [6.45, 7) is 5.66. The van der Waals surface area contributed by atoms with Crippen LogP contribution in [0.15, 0.2) is 23.1 Å². The Morgan fingerprint density at radius 1 is 1.40 bits per heavy atom. The van der Waals surface area contributed by atoms with Gasteiger partial charge in [0.05, 0.1) is 4.92 Å². The van der Waals surface area contributed by atoms with Gasteiger partial charge in [0.1, 0.15) is 0 Å². The number of nitrogens with one attached hydrogen (secondary N) is 1. The number of likely N-dealkylation sites (tertiary alicyclic amines) is 1. The quantitative estimate of drug-likeness (QED) is 0.419. The minimum atomic E-state index is -3.93. The lowest BCUT2D eigenvalue weighted by atomic mass is 10.0. The van der Waals surface area contributed by atoms with E-state index in [1.54, 1.807) is 0 Å². The second kappa shape index (κ2) is 8.93. The molecule has 1 aromatic carbocycles. The van der Waals surface area contributed by atoms with Crippen molar-refractivity contribution < 1.29 is 13.3 Å². The molecule has 0 amide bonds. The number of piperidine rings is 1. The van der Waals surface area contributed by atoms with Crippen molar-refractivity contribution in [3.05, 3.63) is 33.3 Å². The van der Waals surface area contributed by atoms with E-state index in [1.807, 2.05) is 0 Å². The topological polar surface area (TPSA) is 92.6 Å². The van der Waals surface area contributed by atoms with Crippen LogP contribution in [-0.4, -0.2) is 44.4 Å². The van der Waals surface area contributed by atoms with Crippen LogP contribution in [0.4, 0.5) is 5.69 Å². The molecule has 0 saturated carbocycles. The van der Waals surface area contributed by atoms with E-state index < -0.39 is 20.6 Å². The van der Waals surface area contributed by atoms with E-state index in [2.05, 4.69) is 16.5 Å². The number of sulfonamides is 1. The van der Waals surface area contributed by atoms with E-state index in [0.29, 0.717) is 6.42 Å². The highest BCUT2D eigenvalue weighted by atomic mass is 35.5. The van der Waals surface area contributed by atoms with E-state index in [1.165, 1.54) is 18.9 Å². The highest BCUT2D eigenvalue weighted by Gasteiger charge is 2.25. The van der Waals surface area contributed by atoms with Gasteiger partial charge in [-0.05, 0) is 56.8 Å². The largest absolute Gasteiger partial charge is 0.303 e. The third-order valence-corrected chi connectivity index (χ3v) is 6.09. The highest BCUT2D eigenvalue weighted by Crippen LogP contribution is 2.27. The third kappa shape index (κ3) is 5.91. The fourth-order valence-corrected chi connectivity index (χ4v) is 4.49. The average Bonchev–Trinajstić information content (AvgIpc) is 2.54. The van der Waals surface area contributed by atoms with Crippen molar-refractivity contribution in [3.63, 3.8) is 0 Å². The van der Waals surface area contributed by atoms with Crippen LogP contribution < -0.4 is 4.72 Å². The molecule has 25 heavy (non-hydrogen) atoms. The first-order valence-corrected chi connectivity index (χ1v) is 10.3. The summed E-state index contributed by atoms with van der Waals surface area (Å²) in [5, 5.41) is 11.2. The van der Waals surface area contributed by atoms with Crippen molar-refractivity contribution >= 4 is 27.3 Å². The van der Waals surface area contributed by atoms with Crippen LogP contribution in [0.25, 0.3) is 0 Å². The second-order valence-electron chi connectivity index (χ2n) is 6.52. The monoisotopic (exact) mass is 389 g/mol. The van der Waals surface area contributed by atoms with Gasteiger partial charge >= 0.3 is 0 Å². The molecule has 1 heterocycles. The first kappa shape index (κ1) is 20.1. The van der Waals surface area contributed by atoms with Crippen LogP contribution in [-0.2, 0) is 10.0 Å². The molecule has 0 aromatic heterocycles. The Morgan fingerprint density at radius 2 is 2.16 bits per heavy atom. The molecule has 140 valence electrons. The molecular formula is C16H24ClN3O4S. The SMILES string of the molecule is C[C@@H]1CCCN(CCCCNS(=O)(=O)c2ccc(Cl)cc2[N+](=O)[O-])C1. The Hall–Kier alpha value is -1.22. The second-order valence-corrected chi connectivity index (χ2v) is 8.69. The van der Waals surface area contributed by atoms with Gasteiger partial charge in [-0.1, -0.05) is 18.5 Å². The summed E-state index contributed by atoms with van der Waals surface area (Å²) in [5.74, 6) is 0.720. The van der Waals surface area contributed by atoms with E-state index in [-0.39, 0.29) is 16.5 Å². The Balaban J connectivity index is 1.85. The molecule has 1 fully saturated rings. The fraction of sp³-hybridized carbons (Fsp3) is 0.625. The summed E-state index contributed by atoms with van der Waals surface area (Å²) >= 11 is 5.72. The Kier molecular flexibility index (Phi) is 7.18. The molecule has 0 unspecified atom stereocenters. The Labute approximate surface area is 153 Å². The van der Waals surface area contributed by atoms with Gasteiger partial charge in [0.25, 0.3) is 5.69 Å². The molecule has 0 bridgehead atoms. The van der Waals surface area contributed by atoms with Crippen LogP contribution in [0, 0.1) is 16.0 Å². The molecule has 1 N–H and O–H groups in total. The van der Waals surface area contributed by atoms with E-state index >= 15 is 0 Å². The van der Waals surface area contributed by atoms with E-state index in [9.17, 15) is 18.5 Å². The molecule has 2 rings (SSSR count). The van der Waals surface area contributed by atoms with Gasteiger partial charge in [-0.25, -0.2) is 13.1 Å². The van der Waals surface area contributed by atoms with E-state index in [0.717, 1.165) is 44.1 Å². The molecule has 7 nitrogen and oxygen atoms in total. The lowest BCUT2D eigenvalue weighted by molar-refractivity contribution is -0.387. The summed E-state index contributed by atoms with van der Waals surface area (Å²) in [6, 6.07) is 3.55. The predicted molar refractivity (Wildman–Crippen MR) is 97.4 cm³/mol. The van der Waals surface area contributed by atoms with Gasteiger partial charge in [-0.2, -0.15) is 0 Å². The zero-order valence-electron chi connectivity index (χ0n) is 14.3. The smallest absolute Gasteiger partial charge is 0.290 e. The average molecular weight is 390 g/mol.